The number of aromatic amines is 1. The lowest BCUT2D eigenvalue weighted by Gasteiger charge is -2.18. The maximum Gasteiger partial charge on any atom is 0.357 e. The van der Waals surface area contributed by atoms with Crippen molar-refractivity contribution in [3.8, 4) is 0 Å². The van der Waals surface area contributed by atoms with E-state index in [9.17, 15) is 18.0 Å². The third kappa shape index (κ3) is 3.79. The molecule has 0 aromatic carbocycles. The van der Waals surface area contributed by atoms with Gasteiger partial charge in [0.25, 0.3) is 0 Å². The highest BCUT2D eigenvalue weighted by Crippen LogP contribution is 2.17. The molecule has 0 unspecified atom stereocenters. The molecule has 1 rings (SSSR count). The van der Waals surface area contributed by atoms with Crippen molar-refractivity contribution in [3.05, 3.63) is 11.4 Å². The first kappa shape index (κ1) is 17.1. The van der Waals surface area contributed by atoms with Crippen LogP contribution in [-0.2, 0) is 14.8 Å². The quantitative estimate of drug-likeness (QED) is 0.624. The fourth-order valence-corrected chi connectivity index (χ4v) is 3.10. The Morgan fingerprint density at radius 1 is 1.33 bits per heavy atom. The highest BCUT2D eigenvalue weighted by atomic mass is 32.2. The van der Waals surface area contributed by atoms with Gasteiger partial charge < -0.3 is 10.0 Å². The molecule has 0 saturated carbocycles. The van der Waals surface area contributed by atoms with Gasteiger partial charge in [0.1, 0.15) is 4.90 Å². The van der Waals surface area contributed by atoms with Crippen molar-refractivity contribution in [2.75, 3.05) is 19.6 Å². The minimum Gasteiger partial charge on any atom is -0.476 e. The smallest absolute Gasteiger partial charge is 0.357 e. The Hall–Kier alpha value is -1.94. The predicted octanol–water partition coefficient (Wildman–Crippen LogP) is -0.437. The fourth-order valence-electron chi connectivity index (χ4n) is 1.81. The molecular formula is C11H18N4O5S. The van der Waals surface area contributed by atoms with Gasteiger partial charge in [-0.05, 0) is 20.8 Å². The van der Waals surface area contributed by atoms with E-state index in [0.717, 1.165) is 0 Å². The third-order valence-electron chi connectivity index (χ3n) is 2.89. The number of aryl methyl sites for hydroxylation is 1. The summed E-state index contributed by atoms with van der Waals surface area (Å²) in [6.07, 6.45) is 0. The minimum absolute atomic E-state index is 0.0928. The number of aromatic carboxylic acids is 1. The van der Waals surface area contributed by atoms with Crippen LogP contribution in [-0.4, -0.2) is 60.1 Å². The van der Waals surface area contributed by atoms with E-state index in [1.165, 1.54) is 11.8 Å². The summed E-state index contributed by atoms with van der Waals surface area (Å²) in [5.41, 5.74) is -0.509. The average Bonchev–Trinajstić information content (AvgIpc) is 2.81. The topological polar surface area (TPSA) is 132 Å². The van der Waals surface area contributed by atoms with Gasteiger partial charge >= 0.3 is 5.97 Å². The number of rotatable bonds is 7. The molecule has 0 radical (unpaired) electrons. The van der Waals surface area contributed by atoms with Crippen molar-refractivity contribution in [2.45, 2.75) is 25.7 Å². The number of nitrogens with zero attached hydrogens (tertiary/aromatic N) is 2. The second-order valence-corrected chi connectivity index (χ2v) is 5.93. The Labute approximate surface area is 122 Å². The number of nitrogens with one attached hydrogen (secondary N) is 2. The number of carboxylic acid groups (broad SMARTS) is 1. The maximum absolute atomic E-state index is 12.1. The number of hydrogen-bond acceptors (Lipinski definition) is 5. The highest BCUT2D eigenvalue weighted by Gasteiger charge is 2.28. The first-order chi connectivity index (χ1) is 9.74. The van der Waals surface area contributed by atoms with Gasteiger partial charge in [0.2, 0.25) is 15.9 Å². The predicted molar refractivity (Wildman–Crippen MR) is 73.4 cm³/mol. The van der Waals surface area contributed by atoms with Gasteiger partial charge in [-0.2, -0.15) is 5.10 Å². The van der Waals surface area contributed by atoms with E-state index in [-0.39, 0.29) is 11.6 Å². The zero-order chi connectivity index (χ0) is 16.2. The van der Waals surface area contributed by atoms with Crippen LogP contribution in [0.1, 0.15) is 30.0 Å². The van der Waals surface area contributed by atoms with Crippen LogP contribution in [0.25, 0.3) is 0 Å². The van der Waals surface area contributed by atoms with Gasteiger partial charge in [0, 0.05) is 13.1 Å². The van der Waals surface area contributed by atoms with E-state index in [1.807, 2.05) is 0 Å². The van der Waals surface area contributed by atoms with Gasteiger partial charge in [-0.25, -0.2) is 17.9 Å². The molecule has 0 fully saturated rings. The summed E-state index contributed by atoms with van der Waals surface area (Å²) in [5, 5.41) is 14.7. The summed E-state index contributed by atoms with van der Waals surface area (Å²) in [7, 11) is -4.14. The molecule has 1 heterocycles. The summed E-state index contributed by atoms with van der Waals surface area (Å²) in [4.78, 5) is 23.8. The largest absolute Gasteiger partial charge is 0.476 e. The number of likely N-dealkylation sites (N-methyl/N-ethyl adjacent to an activating group) is 1. The Morgan fingerprint density at radius 3 is 2.38 bits per heavy atom. The number of carboxylic acids is 1. The molecule has 118 valence electrons. The number of aromatic nitrogens is 2. The molecule has 3 N–H and O–H groups in total. The lowest BCUT2D eigenvalue weighted by atomic mass is 10.4. The van der Waals surface area contributed by atoms with Crippen molar-refractivity contribution in [2.24, 2.45) is 0 Å². The fraction of sp³-hybridized carbons (Fsp3) is 0.545. The van der Waals surface area contributed by atoms with Gasteiger partial charge in [-0.3, -0.25) is 9.89 Å². The molecule has 0 atom stereocenters. The lowest BCUT2D eigenvalue weighted by Crippen LogP contribution is -2.40. The second kappa shape index (κ2) is 6.68. The molecule has 0 saturated heterocycles. The first-order valence-corrected chi connectivity index (χ1v) is 7.78. The number of H-pyrrole nitrogens is 1. The Bertz CT molecular complexity index is 633. The van der Waals surface area contributed by atoms with Gasteiger partial charge in [-0.15, -0.1) is 0 Å². The maximum atomic E-state index is 12.1. The van der Waals surface area contributed by atoms with Crippen LogP contribution in [0.2, 0.25) is 0 Å². The summed E-state index contributed by atoms with van der Waals surface area (Å²) in [5.74, 6) is -1.85. The van der Waals surface area contributed by atoms with Crippen LogP contribution in [0.3, 0.4) is 0 Å². The van der Waals surface area contributed by atoms with Gasteiger partial charge in [-0.1, -0.05) is 0 Å². The molecule has 1 amide bonds. The molecule has 21 heavy (non-hydrogen) atoms. The van der Waals surface area contributed by atoms with Crippen LogP contribution in [0.4, 0.5) is 0 Å². The van der Waals surface area contributed by atoms with Crippen molar-refractivity contribution < 1.29 is 23.1 Å². The SMILES string of the molecule is CCN(CC)C(=O)CNS(=O)(=O)c1c(C(=O)O)n[nH]c1C. The summed E-state index contributed by atoms with van der Waals surface area (Å²) >= 11 is 0. The lowest BCUT2D eigenvalue weighted by molar-refractivity contribution is -0.129. The normalized spacial score (nSPS) is 11.4. The second-order valence-electron chi connectivity index (χ2n) is 4.22. The number of carbonyl (C=O) groups is 2. The zero-order valence-electron chi connectivity index (χ0n) is 12.0. The van der Waals surface area contributed by atoms with Crippen LogP contribution < -0.4 is 4.72 Å². The molecule has 1 aromatic rings. The molecule has 0 aliphatic heterocycles. The Balaban J connectivity index is 2.96. The molecule has 0 spiro atoms. The third-order valence-corrected chi connectivity index (χ3v) is 4.45. The van der Waals surface area contributed by atoms with Crippen molar-refractivity contribution >= 4 is 21.9 Å². The highest BCUT2D eigenvalue weighted by molar-refractivity contribution is 7.89. The monoisotopic (exact) mass is 318 g/mol. The molecule has 9 nitrogen and oxygen atoms in total. The Morgan fingerprint density at radius 2 is 1.90 bits per heavy atom. The van der Waals surface area contributed by atoms with E-state index < -0.39 is 33.1 Å². The van der Waals surface area contributed by atoms with E-state index in [0.29, 0.717) is 13.1 Å². The van der Waals surface area contributed by atoms with Gasteiger partial charge in [0.05, 0.1) is 12.2 Å². The molecule has 0 aliphatic carbocycles. The van der Waals surface area contributed by atoms with Crippen molar-refractivity contribution in [1.82, 2.24) is 19.8 Å². The van der Waals surface area contributed by atoms with E-state index in [2.05, 4.69) is 14.9 Å². The number of amides is 1. The summed E-state index contributed by atoms with van der Waals surface area (Å²) < 4.78 is 26.4. The van der Waals surface area contributed by atoms with Crippen LogP contribution in [0, 0.1) is 6.92 Å². The van der Waals surface area contributed by atoms with E-state index in [4.69, 9.17) is 5.11 Å². The number of carbonyl (C=O) groups excluding carboxylic acids is 1. The molecule has 0 bridgehead atoms. The summed E-state index contributed by atoms with van der Waals surface area (Å²) in [6, 6.07) is 0. The average molecular weight is 318 g/mol. The van der Waals surface area contributed by atoms with E-state index >= 15 is 0 Å². The Kier molecular flexibility index (Phi) is 5.44. The first-order valence-electron chi connectivity index (χ1n) is 6.30. The van der Waals surface area contributed by atoms with E-state index in [1.54, 1.807) is 13.8 Å². The molecule has 1 aromatic heterocycles. The zero-order valence-corrected chi connectivity index (χ0v) is 12.8. The van der Waals surface area contributed by atoms with Gasteiger partial charge in [0.15, 0.2) is 5.69 Å². The standard InChI is InChI=1S/C11H18N4O5S/c1-4-15(5-2)8(16)6-12-21(19,20)10-7(3)13-14-9(10)11(17)18/h12H,4-6H2,1-3H3,(H,13,14)(H,17,18). The van der Waals surface area contributed by atoms with Crippen molar-refractivity contribution in [1.29, 1.82) is 0 Å². The molecule has 0 aliphatic rings. The van der Waals surface area contributed by atoms with Crippen LogP contribution in [0.15, 0.2) is 4.90 Å². The van der Waals surface area contributed by atoms with Crippen molar-refractivity contribution in [3.63, 3.8) is 0 Å². The minimum atomic E-state index is -4.14. The number of sulfonamides is 1. The van der Waals surface area contributed by atoms with Crippen LogP contribution >= 0.6 is 0 Å². The van der Waals surface area contributed by atoms with Crippen LogP contribution in [0.5, 0.6) is 0 Å². The molecular weight excluding hydrogens is 300 g/mol. The number of hydrogen-bond donors (Lipinski definition) is 3. The summed E-state index contributed by atoms with van der Waals surface area (Å²) in [6.45, 7) is 5.43. The molecule has 10 heteroatoms.